The number of benzene rings is 4. The average Bonchev–Trinajstić information content (AvgIpc) is 2.82. The van der Waals surface area contributed by atoms with Crippen molar-refractivity contribution in [1.29, 1.82) is 0 Å². The zero-order valence-corrected chi connectivity index (χ0v) is 19.1. The lowest BCUT2D eigenvalue weighted by Crippen LogP contribution is -1.98. The van der Waals surface area contributed by atoms with E-state index in [0.717, 1.165) is 36.0 Å². The van der Waals surface area contributed by atoms with Crippen molar-refractivity contribution in [3.8, 4) is 11.1 Å². The Labute approximate surface area is 196 Å². The molecule has 0 aromatic heterocycles. The third kappa shape index (κ3) is 5.40. The lowest BCUT2D eigenvalue weighted by atomic mass is 9.96. The molecule has 33 heavy (non-hydrogen) atoms. The van der Waals surface area contributed by atoms with Crippen molar-refractivity contribution in [2.24, 2.45) is 0 Å². The average molecular weight is 469 g/mol. The summed E-state index contributed by atoms with van der Waals surface area (Å²) in [5, 5.41) is 0.814. The molecule has 1 nitrogen and oxygen atoms in total. The number of fused-ring (bicyclic) bond motifs is 1. The van der Waals surface area contributed by atoms with E-state index in [1.54, 1.807) is 19.2 Å². The van der Waals surface area contributed by atoms with E-state index in [4.69, 9.17) is 16.3 Å². The fraction of sp³-hybridized carbons (Fsp3) is 0.214. The smallest absolute Gasteiger partial charge is 0.145 e. The van der Waals surface area contributed by atoms with Gasteiger partial charge in [-0.05, 0) is 77.1 Å². The van der Waals surface area contributed by atoms with Crippen molar-refractivity contribution in [3.05, 3.63) is 106 Å². The predicted octanol–water partition coefficient (Wildman–Crippen LogP) is 7.94. The minimum atomic E-state index is -0.804. The molecule has 0 aliphatic heterocycles. The van der Waals surface area contributed by atoms with Crippen molar-refractivity contribution in [2.75, 3.05) is 13.7 Å². The van der Waals surface area contributed by atoms with Crippen LogP contribution in [0.25, 0.3) is 21.9 Å². The van der Waals surface area contributed by atoms with Gasteiger partial charge in [-0.1, -0.05) is 60.1 Å². The summed E-state index contributed by atoms with van der Waals surface area (Å²) >= 11 is 5.53. The van der Waals surface area contributed by atoms with Crippen molar-refractivity contribution >= 4 is 22.4 Å². The molecule has 0 fully saturated rings. The summed E-state index contributed by atoms with van der Waals surface area (Å²) < 4.78 is 47.6. The largest absolute Gasteiger partial charge is 0.385 e. The molecule has 0 unspecified atom stereocenters. The number of ether oxygens (including phenoxy) is 1. The van der Waals surface area contributed by atoms with E-state index in [-0.39, 0.29) is 5.82 Å². The van der Waals surface area contributed by atoms with Gasteiger partial charge < -0.3 is 4.74 Å². The fourth-order valence-electron chi connectivity index (χ4n) is 4.03. The fourth-order valence-corrected chi connectivity index (χ4v) is 4.13. The van der Waals surface area contributed by atoms with Crippen LogP contribution in [0.1, 0.15) is 23.1 Å². The van der Waals surface area contributed by atoms with Crippen LogP contribution in [-0.4, -0.2) is 13.7 Å². The third-order valence-corrected chi connectivity index (χ3v) is 6.22. The maximum Gasteiger partial charge on any atom is 0.145 e. The van der Waals surface area contributed by atoms with Gasteiger partial charge in [0, 0.05) is 19.1 Å². The van der Waals surface area contributed by atoms with Gasteiger partial charge in [-0.3, -0.25) is 0 Å². The molecule has 0 amide bonds. The van der Waals surface area contributed by atoms with Gasteiger partial charge in [-0.25, -0.2) is 13.2 Å². The van der Waals surface area contributed by atoms with Crippen LogP contribution in [-0.2, 0) is 24.0 Å². The first-order valence-electron chi connectivity index (χ1n) is 10.9. The molecular formula is C28H24ClF3O. The number of methoxy groups -OCH3 is 1. The molecule has 0 aliphatic rings. The molecular weight excluding hydrogens is 445 g/mol. The lowest BCUT2D eigenvalue weighted by Gasteiger charge is -2.10. The Balaban J connectivity index is 1.51. The molecule has 170 valence electrons. The first-order chi connectivity index (χ1) is 16.0. The van der Waals surface area contributed by atoms with Gasteiger partial charge in [0.25, 0.3) is 0 Å². The first-order valence-corrected chi connectivity index (χ1v) is 11.3. The molecule has 0 aliphatic carbocycles. The summed E-state index contributed by atoms with van der Waals surface area (Å²) in [6.45, 7) is 0.744. The van der Waals surface area contributed by atoms with Gasteiger partial charge in [0.15, 0.2) is 0 Å². The number of rotatable bonds is 8. The summed E-state index contributed by atoms with van der Waals surface area (Å²) in [5.74, 6) is -1.91. The van der Waals surface area contributed by atoms with Crippen LogP contribution in [0.5, 0.6) is 0 Å². The topological polar surface area (TPSA) is 9.23 Å². The summed E-state index contributed by atoms with van der Waals surface area (Å²) in [4.78, 5) is 0. The number of halogens is 4. The molecule has 0 saturated heterocycles. The van der Waals surface area contributed by atoms with E-state index in [1.807, 2.05) is 18.2 Å². The minimum Gasteiger partial charge on any atom is -0.385 e. The Morgan fingerprint density at radius 3 is 2.12 bits per heavy atom. The summed E-state index contributed by atoms with van der Waals surface area (Å²) in [7, 11) is 1.70. The highest BCUT2D eigenvalue weighted by Gasteiger charge is 2.12. The molecule has 4 aromatic rings. The second kappa shape index (κ2) is 10.4. The second-order valence-corrected chi connectivity index (χ2v) is 8.52. The molecule has 0 N–H and O–H groups in total. The molecule has 0 heterocycles. The molecule has 0 radical (unpaired) electrons. The number of hydrogen-bond donors (Lipinski definition) is 0. The SMILES string of the molecule is COCCCc1ccc(-c2ccc3c(F)c(CCc4cc(F)c(Cl)c(F)c4)ccc3c2)cc1. The van der Waals surface area contributed by atoms with Gasteiger partial charge in [-0.15, -0.1) is 0 Å². The molecule has 0 saturated carbocycles. The zero-order valence-electron chi connectivity index (χ0n) is 18.3. The van der Waals surface area contributed by atoms with E-state index < -0.39 is 16.7 Å². The minimum absolute atomic E-state index is 0.303. The van der Waals surface area contributed by atoms with E-state index in [2.05, 4.69) is 24.3 Å². The Bertz CT molecular complexity index is 1250. The van der Waals surface area contributed by atoms with Gasteiger partial charge in [0.1, 0.15) is 22.5 Å². The standard InChI is InChI=1S/C28H24ClF3O/c1-33-14-2-3-18-4-7-20(8-5-18)22-12-13-24-23(17-22)11-10-21(28(24)32)9-6-19-15-25(30)27(29)26(31)16-19/h4-5,7-8,10-13,15-17H,2-3,6,9,14H2,1H3. The van der Waals surface area contributed by atoms with E-state index in [9.17, 15) is 8.78 Å². The predicted molar refractivity (Wildman–Crippen MR) is 128 cm³/mol. The molecule has 4 rings (SSSR count). The van der Waals surface area contributed by atoms with Gasteiger partial charge >= 0.3 is 0 Å². The summed E-state index contributed by atoms with van der Waals surface area (Å²) in [6, 6.07) is 20.1. The highest BCUT2D eigenvalue weighted by Crippen LogP contribution is 2.29. The second-order valence-electron chi connectivity index (χ2n) is 8.14. The van der Waals surface area contributed by atoms with Crippen LogP contribution in [0.3, 0.4) is 0 Å². The zero-order chi connectivity index (χ0) is 23.4. The van der Waals surface area contributed by atoms with Crippen molar-refractivity contribution in [3.63, 3.8) is 0 Å². The monoisotopic (exact) mass is 468 g/mol. The molecule has 4 aromatic carbocycles. The van der Waals surface area contributed by atoms with E-state index >= 15 is 4.39 Å². The van der Waals surface area contributed by atoms with Gasteiger partial charge in [0.2, 0.25) is 0 Å². The Morgan fingerprint density at radius 1 is 0.727 bits per heavy atom. The van der Waals surface area contributed by atoms with Crippen LogP contribution in [0.4, 0.5) is 13.2 Å². The van der Waals surface area contributed by atoms with Crippen molar-refractivity contribution in [2.45, 2.75) is 25.7 Å². The summed E-state index contributed by atoms with van der Waals surface area (Å²) in [6.07, 6.45) is 2.58. The maximum atomic E-state index is 15.1. The number of hydrogen-bond acceptors (Lipinski definition) is 1. The molecule has 0 bridgehead atoms. The van der Waals surface area contributed by atoms with Crippen molar-refractivity contribution in [1.82, 2.24) is 0 Å². The normalized spacial score (nSPS) is 11.3. The number of aryl methyl sites for hydroxylation is 3. The Kier molecular flexibility index (Phi) is 7.36. The van der Waals surface area contributed by atoms with Crippen molar-refractivity contribution < 1.29 is 17.9 Å². The van der Waals surface area contributed by atoms with Crippen LogP contribution in [0, 0.1) is 17.5 Å². The van der Waals surface area contributed by atoms with Crippen LogP contribution >= 0.6 is 11.6 Å². The highest BCUT2D eigenvalue weighted by atomic mass is 35.5. The summed E-state index contributed by atoms with van der Waals surface area (Å²) in [5.41, 5.74) is 4.29. The van der Waals surface area contributed by atoms with E-state index in [0.29, 0.717) is 29.4 Å². The first kappa shape index (κ1) is 23.3. The maximum absolute atomic E-state index is 15.1. The van der Waals surface area contributed by atoms with Crippen LogP contribution < -0.4 is 0 Å². The molecule has 0 atom stereocenters. The van der Waals surface area contributed by atoms with Gasteiger partial charge in [-0.2, -0.15) is 0 Å². The Morgan fingerprint density at radius 2 is 1.42 bits per heavy atom. The van der Waals surface area contributed by atoms with Crippen LogP contribution in [0.15, 0.2) is 66.7 Å². The van der Waals surface area contributed by atoms with E-state index in [1.165, 1.54) is 17.7 Å². The highest BCUT2D eigenvalue weighted by molar-refractivity contribution is 6.30. The van der Waals surface area contributed by atoms with Gasteiger partial charge in [0.05, 0.1) is 0 Å². The molecule has 0 spiro atoms. The molecule has 5 heteroatoms. The Hall–Kier alpha value is -2.82. The quantitative estimate of drug-likeness (QED) is 0.188. The lowest BCUT2D eigenvalue weighted by molar-refractivity contribution is 0.195. The third-order valence-electron chi connectivity index (χ3n) is 5.86. The van der Waals surface area contributed by atoms with Crippen LogP contribution in [0.2, 0.25) is 5.02 Å².